The lowest BCUT2D eigenvalue weighted by atomic mass is 9.45. The molecule has 5 aliphatic carbocycles. The van der Waals surface area contributed by atoms with Crippen molar-refractivity contribution in [2.75, 3.05) is 0 Å². The SMILES string of the molecule is CC1(C)CCC2(C(=O)OC3OC(O)C(O)C(O)C3O)CCC3C(=CCC4C3CCC3C(O)C(O)C(O)CC34)C2C1O. The van der Waals surface area contributed by atoms with Crippen molar-refractivity contribution in [3.63, 3.8) is 0 Å². The van der Waals surface area contributed by atoms with Crippen LogP contribution in [0.4, 0.5) is 0 Å². The van der Waals surface area contributed by atoms with Crippen LogP contribution in [0, 0.1) is 46.3 Å². The standard InChI is InChI=1S/C30H46O11/c1-29(2)9-10-30(28(39)41-27-24(36)22(34)23(35)26(38)40-27)8-7-14-12-4-6-16-17(11-18(31)21(33)20(16)32)13(12)3-5-15(14)19(30)25(29)37/h5,12-14,16-27,31-38H,3-4,6-11H2,1-2H3. The van der Waals surface area contributed by atoms with Gasteiger partial charge < -0.3 is 50.3 Å². The fourth-order valence-corrected chi connectivity index (χ4v) is 9.66. The number of rotatable bonds is 2. The molecule has 0 spiro atoms. The Morgan fingerprint density at radius 3 is 2.24 bits per heavy atom. The summed E-state index contributed by atoms with van der Waals surface area (Å²) in [5, 5.41) is 83.6. The number of hydrogen-bond acceptors (Lipinski definition) is 11. The molecule has 16 unspecified atom stereocenters. The van der Waals surface area contributed by atoms with Gasteiger partial charge in [-0.15, -0.1) is 0 Å². The lowest BCUT2D eigenvalue weighted by Crippen LogP contribution is -2.62. The summed E-state index contributed by atoms with van der Waals surface area (Å²) in [6, 6.07) is 0. The van der Waals surface area contributed by atoms with Gasteiger partial charge >= 0.3 is 5.97 Å². The van der Waals surface area contributed by atoms with Gasteiger partial charge in [0.05, 0.1) is 23.7 Å². The first kappa shape index (κ1) is 29.9. The van der Waals surface area contributed by atoms with Crippen molar-refractivity contribution in [1.82, 2.24) is 0 Å². The molecule has 11 heteroatoms. The van der Waals surface area contributed by atoms with Crippen molar-refractivity contribution in [1.29, 1.82) is 0 Å². The molecule has 1 heterocycles. The minimum Gasteiger partial charge on any atom is -0.432 e. The van der Waals surface area contributed by atoms with Gasteiger partial charge in [0.15, 0.2) is 6.29 Å². The number of hydrogen-bond donors (Lipinski definition) is 8. The lowest BCUT2D eigenvalue weighted by Gasteiger charge is -2.60. The number of carbonyl (C=O) groups is 1. The van der Waals surface area contributed by atoms with Crippen LogP contribution in [0.5, 0.6) is 0 Å². The van der Waals surface area contributed by atoms with Crippen LogP contribution in [-0.2, 0) is 14.3 Å². The van der Waals surface area contributed by atoms with E-state index in [0.29, 0.717) is 38.5 Å². The fourth-order valence-electron chi connectivity index (χ4n) is 9.66. The van der Waals surface area contributed by atoms with E-state index in [4.69, 9.17) is 9.47 Å². The monoisotopic (exact) mass is 582 g/mol. The van der Waals surface area contributed by atoms with E-state index in [0.717, 1.165) is 18.4 Å². The number of allylic oxidation sites excluding steroid dienone is 1. The van der Waals surface area contributed by atoms with Crippen LogP contribution in [0.2, 0.25) is 0 Å². The average Bonchev–Trinajstić information content (AvgIpc) is 2.94. The van der Waals surface area contributed by atoms with Gasteiger partial charge in [-0.1, -0.05) is 25.5 Å². The number of esters is 1. The molecule has 232 valence electrons. The third-order valence-corrected chi connectivity index (χ3v) is 12.1. The molecule has 0 aromatic heterocycles. The molecule has 0 radical (unpaired) electrons. The molecule has 0 amide bonds. The van der Waals surface area contributed by atoms with Crippen LogP contribution < -0.4 is 0 Å². The normalized spacial score (nSPS) is 54.5. The summed E-state index contributed by atoms with van der Waals surface area (Å²) in [6.07, 6.45) is -5.55. The lowest BCUT2D eigenvalue weighted by molar-refractivity contribution is -0.334. The molecule has 1 saturated heterocycles. The Balaban J connectivity index is 1.30. The Labute approximate surface area is 239 Å². The van der Waals surface area contributed by atoms with E-state index in [-0.39, 0.29) is 29.6 Å². The van der Waals surface area contributed by atoms with Crippen molar-refractivity contribution in [2.45, 2.75) is 121 Å². The Morgan fingerprint density at radius 1 is 0.805 bits per heavy atom. The van der Waals surface area contributed by atoms with Crippen LogP contribution in [-0.4, -0.2) is 102 Å². The summed E-state index contributed by atoms with van der Waals surface area (Å²) >= 11 is 0. The predicted octanol–water partition coefficient (Wildman–Crippen LogP) is -0.444. The largest absolute Gasteiger partial charge is 0.432 e. The van der Waals surface area contributed by atoms with Gasteiger partial charge in [0.2, 0.25) is 6.29 Å². The predicted molar refractivity (Wildman–Crippen MR) is 141 cm³/mol. The molecule has 8 N–H and O–H groups in total. The van der Waals surface area contributed by atoms with Gasteiger partial charge in [-0.25, -0.2) is 0 Å². The van der Waals surface area contributed by atoms with E-state index in [1.165, 1.54) is 0 Å². The number of carbonyl (C=O) groups excluding carboxylic acids is 1. The molecule has 0 bridgehead atoms. The summed E-state index contributed by atoms with van der Waals surface area (Å²) in [7, 11) is 0. The van der Waals surface area contributed by atoms with Crippen molar-refractivity contribution in [2.24, 2.45) is 46.3 Å². The van der Waals surface area contributed by atoms with Gasteiger partial charge in [0.1, 0.15) is 24.4 Å². The summed E-state index contributed by atoms with van der Waals surface area (Å²) in [4.78, 5) is 14.0. The first-order chi connectivity index (χ1) is 19.3. The van der Waals surface area contributed by atoms with Gasteiger partial charge in [-0.3, -0.25) is 4.79 Å². The average molecular weight is 583 g/mol. The van der Waals surface area contributed by atoms with Crippen molar-refractivity contribution in [3.05, 3.63) is 11.6 Å². The maximum Gasteiger partial charge on any atom is 0.315 e. The minimum absolute atomic E-state index is 0.0624. The Morgan fingerprint density at radius 2 is 1.51 bits per heavy atom. The Bertz CT molecular complexity index is 1050. The molecule has 0 aromatic carbocycles. The summed E-state index contributed by atoms with van der Waals surface area (Å²) in [5.74, 6) is -0.535. The van der Waals surface area contributed by atoms with E-state index in [1.807, 2.05) is 13.8 Å². The molecule has 5 fully saturated rings. The minimum atomic E-state index is -1.84. The van der Waals surface area contributed by atoms with E-state index < -0.39 is 78.0 Å². The number of aliphatic hydroxyl groups excluding tert-OH is 8. The third kappa shape index (κ3) is 4.54. The van der Waals surface area contributed by atoms with Gasteiger partial charge in [-0.05, 0) is 86.4 Å². The number of fused-ring (bicyclic) bond motifs is 7. The molecule has 41 heavy (non-hydrogen) atoms. The highest BCUT2D eigenvalue weighted by molar-refractivity contribution is 5.79. The summed E-state index contributed by atoms with van der Waals surface area (Å²) in [6.45, 7) is 3.98. The third-order valence-electron chi connectivity index (χ3n) is 12.1. The Hall–Kier alpha value is -1.15. The van der Waals surface area contributed by atoms with E-state index >= 15 is 0 Å². The smallest absolute Gasteiger partial charge is 0.315 e. The first-order valence-corrected chi connectivity index (χ1v) is 15.3. The zero-order chi connectivity index (χ0) is 29.6. The molecule has 6 rings (SSSR count). The maximum atomic E-state index is 14.0. The van der Waals surface area contributed by atoms with E-state index in [2.05, 4.69) is 6.08 Å². The quantitative estimate of drug-likeness (QED) is 0.155. The second-order valence-electron chi connectivity index (χ2n) is 14.4. The highest BCUT2D eigenvalue weighted by Crippen LogP contribution is 2.64. The van der Waals surface area contributed by atoms with E-state index in [1.54, 1.807) is 0 Å². The molecule has 0 aromatic rings. The molecule has 4 saturated carbocycles. The molecule has 11 nitrogen and oxygen atoms in total. The van der Waals surface area contributed by atoms with E-state index in [9.17, 15) is 45.6 Å². The van der Waals surface area contributed by atoms with Crippen molar-refractivity contribution in [3.8, 4) is 0 Å². The zero-order valence-electron chi connectivity index (χ0n) is 23.7. The van der Waals surface area contributed by atoms with Gasteiger partial charge in [-0.2, -0.15) is 0 Å². The number of ether oxygens (including phenoxy) is 2. The maximum absolute atomic E-state index is 14.0. The molecular weight excluding hydrogens is 536 g/mol. The fraction of sp³-hybridized carbons (Fsp3) is 0.900. The van der Waals surface area contributed by atoms with Crippen molar-refractivity contribution < 1.29 is 55.1 Å². The second-order valence-corrected chi connectivity index (χ2v) is 14.4. The van der Waals surface area contributed by atoms with Crippen LogP contribution in [0.3, 0.4) is 0 Å². The first-order valence-electron chi connectivity index (χ1n) is 15.3. The second kappa shape index (κ2) is 10.5. The van der Waals surface area contributed by atoms with Crippen LogP contribution in [0.1, 0.15) is 65.2 Å². The number of aliphatic hydroxyl groups is 8. The summed E-state index contributed by atoms with van der Waals surface area (Å²) < 4.78 is 10.8. The van der Waals surface area contributed by atoms with Crippen LogP contribution >= 0.6 is 0 Å². The zero-order valence-corrected chi connectivity index (χ0v) is 23.7. The highest BCUT2D eigenvalue weighted by Gasteiger charge is 2.63. The molecule has 6 aliphatic rings. The Kier molecular flexibility index (Phi) is 7.65. The van der Waals surface area contributed by atoms with Crippen LogP contribution in [0.25, 0.3) is 0 Å². The summed E-state index contributed by atoms with van der Waals surface area (Å²) in [5.41, 5.74) is -0.500. The van der Waals surface area contributed by atoms with Crippen molar-refractivity contribution >= 4 is 5.97 Å². The van der Waals surface area contributed by atoms with Gasteiger partial charge in [0, 0.05) is 5.92 Å². The molecule has 16 atom stereocenters. The highest BCUT2D eigenvalue weighted by atomic mass is 16.8. The van der Waals surface area contributed by atoms with Crippen LogP contribution in [0.15, 0.2) is 11.6 Å². The van der Waals surface area contributed by atoms with Gasteiger partial charge in [0.25, 0.3) is 0 Å². The topological polar surface area (TPSA) is 197 Å². The molecule has 1 aliphatic heterocycles. The molecular formula is C30H46O11.